The van der Waals surface area contributed by atoms with Gasteiger partial charge in [-0.2, -0.15) is 4.99 Å². The van der Waals surface area contributed by atoms with Crippen LogP contribution in [0.25, 0.3) is 0 Å². The molecule has 2 aromatic carbocycles. The molecule has 1 aliphatic heterocycles. The predicted molar refractivity (Wildman–Crippen MR) is 146 cm³/mol. The van der Waals surface area contributed by atoms with E-state index in [1.807, 2.05) is 61.2 Å². The van der Waals surface area contributed by atoms with E-state index >= 15 is 0 Å². The van der Waals surface area contributed by atoms with Gasteiger partial charge in [0.2, 0.25) is 0 Å². The van der Waals surface area contributed by atoms with E-state index in [1.54, 1.807) is 13.1 Å². The van der Waals surface area contributed by atoms with E-state index in [-0.39, 0.29) is 11.9 Å². The van der Waals surface area contributed by atoms with E-state index in [0.717, 1.165) is 22.4 Å². The zero-order chi connectivity index (χ0) is 26.1. The molecular formula is C29H37N5O2. The number of carbonyl (C=O) groups excluding carboxylic acids is 1. The maximum atomic E-state index is 13.8. The topological polar surface area (TPSA) is 83.5 Å². The Morgan fingerprint density at radius 3 is 2.50 bits per heavy atom. The van der Waals surface area contributed by atoms with Crippen molar-refractivity contribution in [2.24, 2.45) is 15.9 Å². The van der Waals surface area contributed by atoms with Crippen LogP contribution in [0.3, 0.4) is 0 Å². The number of amides is 1. The number of hydrogen-bond acceptors (Lipinski definition) is 6. The van der Waals surface area contributed by atoms with Gasteiger partial charge >= 0.3 is 0 Å². The highest BCUT2D eigenvalue weighted by Crippen LogP contribution is 2.30. The normalized spacial score (nSPS) is 14.8. The predicted octanol–water partition coefficient (Wildman–Crippen LogP) is 5.25. The lowest BCUT2D eigenvalue weighted by atomic mass is 10.0. The summed E-state index contributed by atoms with van der Waals surface area (Å²) >= 11 is 0. The standard InChI is InChI=1S/C29H37N5O2/c1-6-26(33(19-11-18-30)29(35)25-16-14-21(3)15-17-25)27-32-28(36-31-7-2)22(4)23(5)34(27)20-24-12-9-8-10-13-24/h7-10,12-17,26H,5-6,11,18-20,30H2,1-4H3/b31-7+. The molecule has 1 aliphatic rings. The number of oxime groups is 1. The molecule has 7 heteroatoms. The molecule has 0 aliphatic carbocycles. The lowest BCUT2D eigenvalue weighted by Crippen LogP contribution is -2.52. The fourth-order valence-corrected chi connectivity index (χ4v) is 4.17. The SMILES string of the molecule is C=C1C(C)=C(O/N=C/C)N=C(C(CC)N(CCCN)C(=O)c2ccc(C)cc2)N1Cc1ccccc1. The van der Waals surface area contributed by atoms with Crippen molar-refractivity contribution in [2.45, 2.75) is 53.1 Å². The first-order chi connectivity index (χ1) is 17.4. The number of hydrogen-bond donors (Lipinski definition) is 1. The monoisotopic (exact) mass is 487 g/mol. The largest absolute Gasteiger partial charge is 0.336 e. The van der Waals surface area contributed by atoms with Crippen molar-refractivity contribution in [2.75, 3.05) is 13.1 Å². The number of carbonyl (C=O) groups is 1. The maximum Gasteiger partial charge on any atom is 0.255 e. The van der Waals surface area contributed by atoms with Crippen molar-refractivity contribution in [1.82, 2.24) is 9.80 Å². The molecule has 0 fully saturated rings. The van der Waals surface area contributed by atoms with Crippen LogP contribution >= 0.6 is 0 Å². The molecule has 0 spiro atoms. The highest BCUT2D eigenvalue weighted by molar-refractivity contribution is 6.00. The average Bonchev–Trinajstić information content (AvgIpc) is 2.90. The van der Waals surface area contributed by atoms with Crippen molar-refractivity contribution in [1.29, 1.82) is 0 Å². The van der Waals surface area contributed by atoms with Crippen LogP contribution in [0.5, 0.6) is 0 Å². The Balaban J connectivity index is 2.08. The van der Waals surface area contributed by atoms with Gasteiger partial charge in [0.25, 0.3) is 11.8 Å². The fourth-order valence-electron chi connectivity index (χ4n) is 4.17. The van der Waals surface area contributed by atoms with E-state index in [9.17, 15) is 4.79 Å². The minimum atomic E-state index is -0.317. The summed E-state index contributed by atoms with van der Waals surface area (Å²) < 4.78 is 0. The van der Waals surface area contributed by atoms with Crippen LogP contribution in [0.2, 0.25) is 0 Å². The number of aliphatic imine (C=N–C) groups is 1. The van der Waals surface area contributed by atoms with Gasteiger partial charge in [0, 0.05) is 36.1 Å². The van der Waals surface area contributed by atoms with Crippen LogP contribution < -0.4 is 5.73 Å². The lowest BCUT2D eigenvalue weighted by Gasteiger charge is -2.40. The van der Waals surface area contributed by atoms with Crippen LogP contribution in [0, 0.1) is 6.92 Å². The summed E-state index contributed by atoms with van der Waals surface area (Å²) in [5.41, 5.74) is 10.3. The molecule has 2 aromatic rings. The summed E-state index contributed by atoms with van der Waals surface area (Å²) in [5.74, 6) is 1.04. The quantitative estimate of drug-likeness (QED) is 0.347. The molecule has 1 unspecified atom stereocenters. The van der Waals surface area contributed by atoms with Gasteiger partial charge in [-0.25, -0.2) is 0 Å². The third-order valence-electron chi connectivity index (χ3n) is 6.22. The molecule has 190 valence electrons. The second-order valence-electron chi connectivity index (χ2n) is 8.80. The van der Waals surface area contributed by atoms with E-state index in [4.69, 9.17) is 15.6 Å². The first-order valence-corrected chi connectivity index (χ1v) is 12.4. The van der Waals surface area contributed by atoms with Gasteiger partial charge in [-0.15, -0.1) is 0 Å². The summed E-state index contributed by atoms with van der Waals surface area (Å²) in [4.78, 5) is 28.3. The van der Waals surface area contributed by atoms with Gasteiger partial charge in [0.15, 0.2) is 0 Å². The van der Waals surface area contributed by atoms with Crippen molar-refractivity contribution < 1.29 is 9.63 Å². The van der Waals surface area contributed by atoms with E-state index in [2.05, 4.69) is 35.7 Å². The highest BCUT2D eigenvalue weighted by atomic mass is 16.6. The number of rotatable bonds is 11. The fraction of sp³-hybridized carbons (Fsp3) is 0.345. The van der Waals surface area contributed by atoms with Crippen molar-refractivity contribution >= 4 is 18.0 Å². The molecule has 7 nitrogen and oxygen atoms in total. The molecule has 0 aromatic heterocycles. The third kappa shape index (κ3) is 6.29. The Labute approximate surface area is 214 Å². The van der Waals surface area contributed by atoms with E-state index in [1.165, 1.54) is 0 Å². The number of amidine groups is 1. The van der Waals surface area contributed by atoms with Crippen LogP contribution in [0.4, 0.5) is 0 Å². The van der Waals surface area contributed by atoms with Crippen molar-refractivity contribution in [3.63, 3.8) is 0 Å². The number of nitrogens with two attached hydrogens (primary N) is 1. The third-order valence-corrected chi connectivity index (χ3v) is 6.22. The zero-order valence-electron chi connectivity index (χ0n) is 21.8. The average molecular weight is 488 g/mol. The van der Waals surface area contributed by atoms with Gasteiger partial charge in [-0.05, 0) is 57.9 Å². The Hall–Kier alpha value is -3.71. The molecule has 1 heterocycles. The van der Waals surface area contributed by atoms with Gasteiger partial charge < -0.3 is 20.4 Å². The molecule has 1 atom stereocenters. The molecule has 2 N–H and O–H groups in total. The van der Waals surface area contributed by atoms with Crippen LogP contribution in [-0.4, -0.2) is 46.9 Å². The Morgan fingerprint density at radius 1 is 1.19 bits per heavy atom. The zero-order valence-corrected chi connectivity index (χ0v) is 21.8. The van der Waals surface area contributed by atoms with Gasteiger partial charge in [0.05, 0.1) is 6.04 Å². The molecular weight excluding hydrogens is 450 g/mol. The minimum absolute atomic E-state index is 0.0522. The molecule has 0 saturated carbocycles. The Morgan fingerprint density at radius 2 is 1.89 bits per heavy atom. The second-order valence-corrected chi connectivity index (χ2v) is 8.80. The van der Waals surface area contributed by atoms with Gasteiger partial charge in [-0.3, -0.25) is 4.79 Å². The summed E-state index contributed by atoms with van der Waals surface area (Å²) in [6.07, 6.45) is 2.91. The maximum absolute atomic E-state index is 13.8. The van der Waals surface area contributed by atoms with Gasteiger partial charge in [0.1, 0.15) is 5.84 Å². The minimum Gasteiger partial charge on any atom is -0.336 e. The Kier molecular flexibility index (Phi) is 9.59. The number of allylic oxidation sites excluding steroid dienone is 1. The van der Waals surface area contributed by atoms with Crippen LogP contribution in [0.15, 0.2) is 88.5 Å². The summed E-state index contributed by atoms with van der Waals surface area (Å²) in [6, 6.07) is 17.5. The smallest absolute Gasteiger partial charge is 0.255 e. The first kappa shape index (κ1) is 26.9. The summed E-state index contributed by atoms with van der Waals surface area (Å²) in [7, 11) is 0. The van der Waals surface area contributed by atoms with E-state index in [0.29, 0.717) is 49.8 Å². The molecule has 0 radical (unpaired) electrons. The van der Waals surface area contributed by atoms with E-state index < -0.39 is 0 Å². The molecule has 1 amide bonds. The molecule has 0 saturated heterocycles. The number of benzene rings is 2. The molecule has 0 bridgehead atoms. The van der Waals surface area contributed by atoms with Crippen molar-refractivity contribution in [3.8, 4) is 0 Å². The molecule has 36 heavy (non-hydrogen) atoms. The summed E-state index contributed by atoms with van der Waals surface area (Å²) in [5, 5.41) is 3.95. The Bertz CT molecular complexity index is 1140. The lowest BCUT2D eigenvalue weighted by molar-refractivity contribution is 0.0712. The van der Waals surface area contributed by atoms with Crippen LogP contribution in [-0.2, 0) is 11.4 Å². The first-order valence-electron chi connectivity index (χ1n) is 12.4. The van der Waals surface area contributed by atoms with Crippen molar-refractivity contribution in [3.05, 3.63) is 95.0 Å². The van der Waals surface area contributed by atoms with Gasteiger partial charge in [-0.1, -0.05) is 66.7 Å². The molecule has 3 rings (SSSR count). The number of aryl methyl sites for hydroxylation is 1. The summed E-state index contributed by atoms with van der Waals surface area (Å²) in [6.45, 7) is 13.7. The van der Waals surface area contributed by atoms with Crippen LogP contribution in [0.1, 0.15) is 55.1 Å². The highest BCUT2D eigenvalue weighted by Gasteiger charge is 2.35. The second kappa shape index (κ2) is 12.8. The number of nitrogens with zero attached hydrogens (tertiary/aromatic N) is 4.